The molecule has 0 radical (unpaired) electrons. The summed E-state index contributed by atoms with van der Waals surface area (Å²) in [4.78, 5) is 0. The Morgan fingerprint density at radius 3 is 0.884 bits per heavy atom. The first-order chi connectivity index (χ1) is 42.7. The molecule has 2 nitrogen and oxygen atoms in total. The normalized spacial score (nSPS) is 14.0. The third kappa shape index (κ3) is 6.09. The average molecular weight is 1090 g/mol. The predicted octanol–water partition coefficient (Wildman–Crippen LogP) is 21.9. The van der Waals surface area contributed by atoms with Crippen molar-refractivity contribution in [3.05, 3.63) is 348 Å². The van der Waals surface area contributed by atoms with Gasteiger partial charge >= 0.3 is 0 Å². The molecule has 86 heavy (non-hydrogen) atoms. The van der Waals surface area contributed by atoms with E-state index in [4.69, 9.17) is 9.47 Å². The van der Waals surface area contributed by atoms with Crippen LogP contribution in [0, 0.1) is 0 Å². The van der Waals surface area contributed by atoms with Crippen LogP contribution in [0.1, 0.15) is 44.5 Å². The summed E-state index contributed by atoms with van der Waals surface area (Å²) in [5.74, 6) is 3.47. The van der Waals surface area contributed by atoms with Gasteiger partial charge in [-0.3, -0.25) is 0 Å². The third-order valence-corrected chi connectivity index (χ3v) is 19.6. The van der Waals surface area contributed by atoms with E-state index in [2.05, 4.69) is 303 Å². The molecule has 2 spiro atoms. The molecule has 2 heteroatoms. The van der Waals surface area contributed by atoms with Crippen LogP contribution in [0.15, 0.2) is 303 Å². The lowest BCUT2D eigenvalue weighted by atomic mass is 9.65. The van der Waals surface area contributed by atoms with E-state index < -0.39 is 10.8 Å². The lowest BCUT2D eigenvalue weighted by Crippen LogP contribution is -2.32. The second-order valence-electron chi connectivity index (χ2n) is 23.5. The summed E-state index contributed by atoms with van der Waals surface area (Å²) in [7, 11) is 0. The Labute approximate surface area is 498 Å². The third-order valence-electron chi connectivity index (χ3n) is 19.6. The summed E-state index contributed by atoms with van der Waals surface area (Å²) >= 11 is 0. The van der Waals surface area contributed by atoms with Crippen molar-refractivity contribution in [3.63, 3.8) is 0 Å². The fraction of sp³-hybridized carbons (Fsp3) is 0.0238. The molecule has 0 aromatic heterocycles. The average Bonchev–Trinajstić information content (AvgIpc) is 1.51. The van der Waals surface area contributed by atoms with E-state index in [0.29, 0.717) is 0 Å². The van der Waals surface area contributed by atoms with E-state index in [-0.39, 0.29) is 0 Å². The second kappa shape index (κ2) is 17.7. The molecule has 4 aliphatic rings. The molecule has 2 aliphatic heterocycles. The molecule has 19 rings (SSSR count). The van der Waals surface area contributed by atoms with Gasteiger partial charge in [-0.15, -0.1) is 0 Å². The fourth-order valence-electron chi connectivity index (χ4n) is 16.4. The van der Waals surface area contributed by atoms with Crippen molar-refractivity contribution in [1.29, 1.82) is 0 Å². The number of hydrogen-bond acceptors (Lipinski definition) is 2. The zero-order valence-corrected chi connectivity index (χ0v) is 46.7. The first-order valence-corrected chi connectivity index (χ1v) is 29.9. The fourth-order valence-corrected chi connectivity index (χ4v) is 16.4. The highest BCUT2D eigenvalue weighted by molar-refractivity contribution is 6.29. The Morgan fingerprint density at radius 2 is 0.465 bits per heavy atom. The van der Waals surface area contributed by atoms with E-state index in [1.807, 2.05) is 0 Å². The maximum Gasteiger partial charge on any atom is 0.140 e. The van der Waals surface area contributed by atoms with Crippen LogP contribution < -0.4 is 9.47 Å². The summed E-state index contributed by atoms with van der Waals surface area (Å²) in [5.41, 5.74) is 22.5. The Bertz CT molecular complexity index is 5030. The number of benzene rings is 15. The zero-order valence-electron chi connectivity index (χ0n) is 46.7. The highest BCUT2D eigenvalue weighted by Crippen LogP contribution is 2.66. The molecular formula is C84H50O2. The maximum absolute atomic E-state index is 7.46. The van der Waals surface area contributed by atoms with Gasteiger partial charge in [0.05, 0.1) is 10.8 Å². The molecule has 15 aromatic carbocycles. The van der Waals surface area contributed by atoms with Gasteiger partial charge in [-0.25, -0.2) is 0 Å². The van der Waals surface area contributed by atoms with Crippen LogP contribution in [0.5, 0.6) is 23.0 Å². The van der Waals surface area contributed by atoms with E-state index in [1.54, 1.807) is 0 Å². The number of rotatable bonds is 4. The largest absolute Gasteiger partial charge is 0.456 e. The summed E-state index contributed by atoms with van der Waals surface area (Å²) < 4.78 is 14.9. The van der Waals surface area contributed by atoms with Crippen molar-refractivity contribution in [2.75, 3.05) is 0 Å². The lowest BCUT2D eigenvalue weighted by Gasteiger charge is -2.40. The Balaban J connectivity index is 0.943. The van der Waals surface area contributed by atoms with Crippen LogP contribution in [0.25, 0.3) is 110 Å². The van der Waals surface area contributed by atoms with Crippen LogP contribution in [0.3, 0.4) is 0 Å². The smallest absolute Gasteiger partial charge is 0.140 e. The van der Waals surface area contributed by atoms with Gasteiger partial charge in [0.15, 0.2) is 0 Å². The van der Waals surface area contributed by atoms with E-state index >= 15 is 0 Å². The molecule has 0 unspecified atom stereocenters. The van der Waals surface area contributed by atoms with Crippen molar-refractivity contribution in [2.45, 2.75) is 10.8 Å². The van der Waals surface area contributed by atoms with Gasteiger partial charge in [0.1, 0.15) is 23.0 Å². The minimum absolute atomic E-state index is 0.621. The predicted molar refractivity (Wildman–Crippen MR) is 353 cm³/mol. The Hall–Kier alpha value is -11.1. The molecule has 2 heterocycles. The monoisotopic (exact) mass is 1090 g/mol. The van der Waals surface area contributed by atoms with Crippen molar-refractivity contribution in [3.8, 4) is 89.8 Å². The number of ether oxygens (including phenoxy) is 2. The number of para-hydroxylation sites is 4. The standard InChI is InChI=1S/C84H50O2/c1-2-24-51(25-3-1)78-58-30-4-6-32-60(58)79(61-33-7-5-31-59(61)78)80-62-36-20-34-52(64-38-22-46-74-81(64)85-76-48-18-16-44-72(76)83(74)68-40-12-8-26-54(68)55-27-9-13-41-69(55)83)66(62)50-67-53(35-21-37-63(67)80)65-39-23-47-75-82(65)86-77-49-19-17-45-73(77)84(75)70-42-14-10-28-56(70)57-29-11-15-43-71(57)84/h1-50H. The summed E-state index contributed by atoms with van der Waals surface area (Å²) in [6, 6.07) is 113. The van der Waals surface area contributed by atoms with Crippen LogP contribution in [0.4, 0.5) is 0 Å². The minimum Gasteiger partial charge on any atom is -0.456 e. The molecular weight excluding hydrogens is 1040 g/mol. The highest BCUT2D eigenvalue weighted by Gasteiger charge is 2.53. The SMILES string of the molecule is c1ccc(-c2c3ccccc3c(-c3c4cccc(-c5cccc6c5Oc5ccccc5C65c6ccccc6-c6ccccc65)c4cc4c(-c5cccc6c5Oc5ccccc5C65c6ccccc6-c6ccccc65)cccc34)c3ccccc23)cc1. The summed E-state index contributed by atoms with van der Waals surface area (Å²) in [5, 5.41) is 9.40. The molecule has 0 bridgehead atoms. The van der Waals surface area contributed by atoms with E-state index in [9.17, 15) is 0 Å². The first kappa shape index (κ1) is 47.4. The molecule has 398 valence electrons. The molecule has 0 saturated heterocycles. The highest BCUT2D eigenvalue weighted by atomic mass is 16.5. The molecule has 0 saturated carbocycles. The van der Waals surface area contributed by atoms with Crippen molar-refractivity contribution < 1.29 is 9.47 Å². The van der Waals surface area contributed by atoms with Crippen LogP contribution in [-0.4, -0.2) is 0 Å². The minimum atomic E-state index is -0.621. The Morgan fingerprint density at radius 1 is 0.186 bits per heavy atom. The molecule has 2 aliphatic carbocycles. The zero-order chi connectivity index (χ0) is 56.2. The topological polar surface area (TPSA) is 18.5 Å². The van der Waals surface area contributed by atoms with Gasteiger partial charge in [-0.1, -0.05) is 285 Å². The van der Waals surface area contributed by atoms with Gasteiger partial charge in [0, 0.05) is 33.4 Å². The number of hydrogen-bond donors (Lipinski definition) is 0. The van der Waals surface area contributed by atoms with Gasteiger partial charge < -0.3 is 9.47 Å². The second-order valence-corrected chi connectivity index (χ2v) is 23.5. The van der Waals surface area contributed by atoms with Gasteiger partial charge in [0.2, 0.25) is 0 Å². The lowest BCUT2D eigenvalue weighted by molar-refractivity contribution is 0.438. The van der Waals surface area contributed by atoms with Crippen LogP contribution >= 0.6 is 0 Å². The molecule has 0 amide bonds. The van der Waals surface area contributed by atoms with Crippen molar-refractivity contribution >= 4 is 43.1 Å². The molecule has 0 N–H and O–H groups in total. The molecule has 15 aromatic rings. The van der Waals surface area contributed by atoms with Gasteiger partial charge in [-0.05, 0) is 139 Å². The van der Waals surface area contributed by atoms with Crippen LogP contribution in [0.2, 0.25) is 0 Å². The van der Waals surface area contributed by atoms with Gasteiger partial charge in [0.25, 0.3) is 0 Å². The maximum atomic E-state index is 7.46. The van der Waals surface area contributed by atoms with Crippen molar-refractivity contribution in [1.82, 2.24) is 0 Å². The molecule has 0 atom stereocenters. The van der Waals surface area contributed by atoms with E-state index in [0.717, 1.165) is 89.1 Å². The quantitative estimate of drug-likeness (QED) is 0.164. The Kier molecular flexibility index (Phi) is 9.78. The molecule has 0 fully saturated rings. The summed E-state index contributed by atoms with van der Waals surface area (Å²) in [6.45, 7) is 0. The van der Waals surface area contributed by atoms with Crippen LogP contribution in [-0.2, 0) is 10.8 Å². The number of fused-ring (bicyclic) bond motifs is 22. The first-order valence-electron chi connectivity index (χ1n) is 29.9. The summed E-state index contributed by atoms with van der Waals surface area (Å²) in [6.07, 6.45) is 0. The van der Waals surface area contributed by atoms with Crippen molar-refractivity contribution in [2.24, 2.45) is 0 Å². The van der Waals surface area contributed by atoms with Gasteiger partial charge in [-0.2, -0.15) is 0 Å². The van der Waals surface area contributed by atoms with E-state index in [1.165, 1.54) is 88.3 Å².